The van der Waals surface area contributed by atoms with Gasteiger partial charge in [0.1, 0.15) is 5.82 Å². The normalized spacial score (nSPS) is 12.2. The van der Waals surface area contributed by atoms with E-state index in [-0.39, 0.29) is 12.7 Å². The maximum Gasteiger partial charge on any atom is 0.257 e. The molecule has 4 rings (SSSR count). The first-order chi connectivity index (χ1) is 12.6. The van der Waals surface area contributed by atoms with E-state index in [1.165, 1.54) is 12.1 Å². The van der Waals surface area contributed by atoms with Gasteiger partial charge in [-0.05, 0) is 35.9 Å². The average molecular weight is 374 g/mol. The van der Waals surface area contributed by atoms with Crippen LogP contribution in [0.4, 0.5) is 10.2 Å². The Labute approximate surface area is 153 Å². The third-order valence-electron chi connectivity index (χ3n) is 3.86. The Morgan fingerprint density at radius 1 is 1.19 bits per heavy atom. The predicted octanol–water partition coefficient (Wildman–Crippen LogP) is 3.70. The van der Waals surface area contributed by atoms with E-state index < -0.39 is 5.82 Å². The van der Waals surface area contributed by atoms with Crippen molar-refractivity contribution in [3.05, 3.63) is 70.6 Å². The number of aromatic nitrogens is 2. The van der Waals surface area contributed by atoms with Crippen LogP contribution in [-0.4, -0.2) is 22.5 Å². The lowest BCUT2D eigenvalue weighted by atomic mass is 10.2. The number of benzene rings is 2. The highest BCUT2D eigenvalue weighted by atomic mass is 35.5. The van der Waals surface area contributed by atoms with Gasteiger partial charge in [0.2, 0.25) is 6.79 Å². The molecule has 0 saturated heterocycles. The largest absolute Gasteiger partial charge is 0.454 e. The first-order valence-corrected chi connectivity index (χ1v) is 8.15. The molecule has 6 nitrogen and oxygen atoms in total. The Balaban J connectivity index is 1.45. The van der Waals surface area contributed by atoms with Crippen molar-refractivity contribution >= 4 is 23.3 Å². The summed E-state index contributed by atoms with van der Waals surface area (Å²) >= 11 is 6.02. The summed E-state index contributed by atoms with van der Waals surface area (Å²) in [5.41, 5.74) is 1.16. The summed E-state index contributed by atoms with van der Waals surface area (Å²) in [5, 5.41) is 7.33. The van der Waals surface area contributed by atoms with Crippen LogP contribution in [-0.2, 0) is 6.54 Å². The van der Waals surface area contributed by atoms with E-state index in [9.17, 15) is 9.18 Å². The van der Waals surface area contributed by atoms with Gasteiger partial charge in [-0.1, -0.05) is 17.7 Å². The zero-order chi connectivity index (χ0) is 18.1. The quantitative estimate of drug-likeness (QED) is 0.757. The maximum atomic E-state index is 13.1. The number of anilines is 1. The summed E-state index contributed by atoms with van der Waals surface area (Å²) in [6.45, 7) is 0.510. The average Bonchev–Trinajstić information content (AvgIpc) is 3.25. The fraction of sp³-hybridized carbons (Fsp3) is 0.111. The van der Waals surface area contributed by atoms with Crippen molar-refractivity contribution in [2.75, 3.05) is 12.1 Å². The van der Waals surface area contributed by atoms with Gasteiger partial charge in [-0.15, -0.1) is 0 Å². The zero-order valence-corrected chi connectivity index (χ0v) is 14.2. The smallest absolute Gasteiger partial charge is 0.257 e. The number of rotatable bonds is 4. The standard InChI is InChI=1S/C18H13ClFN3O3/c19-14-8-13(20)3-1-12(14)9-23-6-5-17(22-23)21-18(24)11-2-4-15-16(7-11)26-10-25-15/h1-8H,9-10H2,(H,21,22,24). The van der Waals surface area contributed by atoms with Crippen molar-refractivity contribution in [1.82, 2.24) is 9.78 Å². The van der Waals surface area contributed by atoms with E-state index >= 15 is 0 Å². The van der Waals surface area contributed by atoms with Crippen molar-refractivity contribution < 1.29 is 18.7 Å². The van der Waals surface area contributed by atoms with E-state index in [0.717, 1.165) is 5.56 Å². The lowest BCUT2D eigenvalue weighted by Crippen LogP contribution is -2.12. The highest BCUT2D eigenvalue weighted by Gasteiger charge is 2.16. The van der Waals surface area contributed by atoms with Crippen LogP contribution in [0.15, 0.2) is 48.7 Å². The van der Waals surface area contributed by atoms with Crippen LogP contribution in [0, 0.1) is 5.82 Å². The molecule has 2 heterocycles. The van der Waals surface area contributed by atoms with Crippen LogP contribution in [0.3, 0.4) is 0 Å². The molecule has 0 saturated carbocycles. The number of amides is 1. The second-order valence-electron chi connectivity index (χ2n) is 5.66. The van der Waals surface area contributed by atoms with Gasteiger partial charge in [-0.3, -0.25) is 9.48 Å². The number of nitrogens with one attached hydrogen (secondary N) is 1. The minimum atomic E-state index is -0.393. The minimum absolute atomic E-state index is 0.150. The Hall–Kier alpha value is -3.06. The summed E-state index contributed by atoms with van der Waals surface area (Å²) in [4.78, 5) is 12.4. The molecule has 3 aromatic rings. The lowest BCUT2D eigenvalue weighted by Gasteiger charge is -2.05. The van der Waals surface area contributed by atoms with Crippen LogP contribution in [0.1, 0.15) is 15.9 Å². The van der Waals surface area contributed by atoms with Crippen LogP contribution >= 0.6 is 11.6 Å². The number of hydrogen-bond acceptors (Lipinski definition) is 4. The van der Waals surface area contributed by atoms with E-state index in [1.54, 1.807) is 41.2 Å². The molecule has 0 atom stereocenters. The van der Waals surface area contributed by atoms with Crippen molar-refractivity contribution in [3.8, 4) is 11.5 Å². The number of halogens is 2. The minimum Gasteiger partial charge on any atom is -0.454 e. The SMILES string of the molecule is O=C(Nc1ccn(Cc2ccc(F)cc2Cl)n1)c1ccc2c(c1)OCO2. The monoisotopic (exact) mass is 373 g/mol. The van der Waals surface area contributed by atoms with Gasteiger partial charge in [-0.25, -0.2) is 4.39 Å². The molecule has 1 aliphatic heterocycles. The van der Waals surface area contributed by atoms with Crippen LogP contribution in [0.5, 0.6) is 11.5 Å². The first-order valence-electron chi connectivity index (χ1n) is 7.77. The van der Waals surface area contributed by atoms with E-state index in [2.05, 4.69) is 10.4 Å². The van der Waals surface area contributed by atoms with Gasteiger partial charge in [-0.2, -0.15) is 5.10 Å². The highest BCUT2D eigenvalue weighted by molar-refractivity contribution is 6.31. The van der Waals surface area contributed by atoms with E-state index in [1.807, 2.05) is 0 Å². The number of carbonyl (C=O) groups excluding carboxylic acids is 1. The topological polar surface area (TPSA) is 65.4 Å². The molecule has 8 heteroatoms. The van der Waals surface area contributed by atoms with Gasteiger partial charge in [0.15, 0.2) is 17.3 Å². The van der Waals surface area contributed by atoms with Crippen LogP contribution in [0.25, 0.3) is 0 Å². The van der Waals surface area contributed by atoms with E-state index in [0.29, 0.717) is 34.4 Å². The Bertz CT molecular complexity index is 990. The molecular weight excluding hydrogens is 361 g/mol. The second kappa shape index (κ2) is 6.68. The molecule has 2 aromatic carbocycles. The van der Waals surface area contributed by atoms with Crippen molar-refractivity contribution in [2.45, 2.75) is 6.54 Å². The Morgan fingerprint density at radius 2 is 2.04 bits per heavy atom. The van der Waals surface area contributed by atoms with Crippen molar-refractivity contribution in [2.24, 2.45) is 0 Å². The Morgan fingerprint density at radius 3 is 2.88 bits per heavy atom. The predicted molar refractivity (Wildman–Crippen MR) is 93.3 cm³/mol. The van der Waals surface area contributed by atoms with Gasteiger partial charge >= 0.3 is 0 Å². The third kappa shape index (κ3) is 3.34. The van der Waals surface area contributed by atoms with Crippen molar-refractivity contribution in [1.29, 1.82) is 0 Å². The second-order valence-corrected chi connectivity index (χ2v) is 6.06. The summed E-state index contributed by atoms with van der Waals surface area (Å²) in [6.07, 6.45) is 1.70. The first kappa shape index (κ1) is 16.4. The molecule has 0 unspecified atom stereocenters. The van der Waals surface area contributed by atoms with Gasteiger partial charge in [0.25, 0.3) is 5.91 Å². The van der Waals surface area contributed by atoms with Crippen molar-refractivity contribution in [3.63, 3.8) is 0 Å². The number of fused-ring (bicyclic) bond motifs is 1. The number of hydrogen-bond donors (Lipinski definition) is 1. The molecule has 132 valence electrons. The molecule has 0 spiro atoms. The van der Waals surface area contributed by atoms with E-state index in [4.69, 9.17) is 21.1 Å². The zero-order valence-electron chi connectivity index (χ0n) is 13.4. The van der Waals surface area contributed by atoms with Gasteiger partial charge in [0, 0.05) is 22.8 Å². The molecule has 0 radical (unpaired) electrons. The lowest BCUT2D eigenvalue weighted by molar-refractivity contribution is 0.102. The molecule has 0 bridgehead atoms. The fourth-order valence-corrected chi connectivity index (χ4v) is 2.79. The highest BCUT2D eigenvalue weighted by Crippen LogP contribution is 2.32. The number of ether oxygens (including phenoxy) is 2. The van der Waals surface area contributed by atoms with Crippen LogP contribution in [0.2, 0.25) is 5.02 Å². The third-order valence-corrected chi connectivity index (χ3v) is 4.22. The van der Waals surface area contributed by atoms with Gasteiger partial charge < -0.3 is 14.8 Å². The number of carbonyl (C=O) groups is 1. The molecule has 0 fully saturated rings. The molecular formula is C18H13ClFN3O3. The van der Waals surface area contributed by atoms with Gasteiger partial charge in [0.05, 0.1) is 6.54 Å². The number of nitrogens with zero attached hydrogens (tertiary/aromatic N) is 2. The summed E-state index contributed by atoms with van der Waals surface area (Å²) in [5.74, 6) is 0.839. The molecule has 0 aliphatic carbocycles. The maximum absolute atomic E-state index is 13.1. The molecule has 1 aliphatic rings. The molecule has 26 heavy (non-hydrogen) atoms. The summed E-state index contributed by atoms with van der Waals surface area (Å²) in [7, 11) is 0. The fourth-order valence-electron chi connectivity index (χ4n) is 2.57. The molecule has 1 N–H and O–H groups in total. The summed E-state index contributed by atoms with van der Waals surface area (Å²) in [6, 6.07) is 10.8. The Kier molecular flexibility index (Phi) is 4.22. The molecule has 1 aromatic heterocycles. The van der Waals surface area contributed by atoms with Crippen LogP contribution < -0.4 is 14.8 Å². The molecule has 1 amide bonds. The summed E-state index contributed by atoms with van der Waals surface area (Å²) < 4.78 is 25.2.